The summed E-state index contributed by atoms with van der Waals surface area (Å²) < 4.78 is 40.4. The van der Waals surface area contributed by atoms with Gasteiger partial charge in [0.1, 0.15) is 5.82 Å². The van der Waals surface area contributed by atoms with E-state index in [2.05, 4.69) is 5.10 Å². The van der Waals surface area contributed by atoms with E-state index < -0.39 is 17.5 Å². The predicted molar refractivity (Wildman–Crippen MR) is 52.9 cm³/mol. The van der Waals surface area contributed by atoms with Crippen LogP contribution in [0.3, 0.4) is 0 Å². The number of benzene rings is 1. The van der Waals surface area contributed by atoms with E-state index in [0.29, 0.717) is 5.82 Å². The molecule has 1 aromatic carbocycles. The Balaban J connectivity index is 2.61. The number of nitrogen functional groups attached to an aromatic ring is 1. The Labute approximate surface area is 89.3 Å². The third kappa shape index (κ3) is 1.52. The van der Waals surface area contributed by atoms with E-state index in [4.69, 9.17) is 5.73 Å². The van der Waals surface area contributed by atoms with Gasteiger partial charge in [-0.05, 0) is 12.1 Å². The second-order valence-corrected chi connectivity index (χ2v) is 3.30. The van der Waals surface area contributed by atoms with Crippen molar-refractivity contribution in [1.29, 1.82) is 0 Å². The molecule has 16 heavy (non-hydrogen) atoms. The van der Waals surface area contributed by atoms with Gasteiger partial charge in [0, 0.05) is 18.7 Å². The lowest BCUT2D eigenvalue weighted by Gasteiger charge is -2.00. The molecule has 0 saturated carbocycles. The average Bonchev–Trinajstić information content (AvgIpc) is 2.56. The molecule has 0 bridgehead atoms. The molecule has 0 amide bonds. The molecule has 84 valence electrons. The van der Waals surface area contributed by atoms with Crippen molar-refractivity contribution in [3.8, 4) is 11.3 Å². The van der Waals surface area contributed by atoms with Crippen molar-refractivity contribution in [2.24, 2.45) is 7.05 Å². The van der Waals surface area contributed by atoms with Crippen molar-refractivity contribution < 1.29 is 13.2 Å². The van der Waals surface area contributed by atoms with Gasteiger partial charge in [-0.25, -0.2) is 13.2 Å². The first kappa shape index (κ1) is 10.5. The Kier molecular flexibility index (Phi) is 2.34. The zero-order chi connectivity index (χ0) is 11.9. The standard InChI is InChI=1S/C10H8F3N3/c1-16-8(14)4-7(15-16)5-2-3-6(11)10(13)9(5)12/h2-4H,14H2,1H3. The Morgan fingerprint density at radius 3 is 2.44 bits per heavy atom. The van der Waals surface area contributed by atoms with Crippen LogP contribution in [0.2, 0.25) is 0 Å². The summed E-state index contributed by atoms with van der Waals surface area (Å²) in [6, 6.07) is 3.35. The second kappa shape index (κ2) is 3.55. The van der Waals surface area contributed by atoms with Gasteiger partial charge >= 0.3 is 0 Å². The molecule has 0 radical (unpaired) electrons. The van der Waals surface area contributed by atoms with E-state index in [1.165, 1.54) is 10.7 Å². The molecule has 0 aliphatic carbocycles. The summed E-state index contributed by atoms with van der Waals surface area (Å²) in [5.74, 6) is -3.70. The van der Waals surface area contributed by atoms with E-state index in [1.807, 2.05) is 0 Å². The number of hydrogen-bond donors (Lipinski definition) is 1. The number of nitrogens with zero attached hydrogens (tertiary/aromatic N) is 2. The minimum absolute atomic E-state index is 0.119. The summed E-state index contributed by atoms with van der Waals surface area (Å²) in [5.41, 5.74) is 5.55. The van der Waals surface area contributed by atoms with Gasteiger partial charge in [-0.15, -0.1) is 0 Å². The Morgan fingerprint density at radius 1 is 1.19 bits per heavy atom. The highest BCUT2D eigenvalue weighted by Gasteiger charge is 2.16. The van der Waals surface area contributed by atoms with Crippen LogP contribution in [0.1, 0.15) is 0 Å². The quantitative estimate of drug-likeness (QED) is 0.758. The Bertz CT molecular complexity index is 529. The van der Waals surface area contributed by atoms with Crippen molar-refractivity contribution in [1.82, 2.24) is 9.78 Å². The lowest BCUT2D eigenvalue weighted by Crippen LogP contribution is -1.97. The van der Waals surface area contributed by atoms with Crippen LogP contribution < -0.4 is 5.73 Å². The third-order valence-electron chi connectivity index (χ3n) is 2.23. The SMILES string of the molecule is Cn1nc(-c2ccc(F)c(F)c2F)cc1N. The molecular weight excluding hydrogens is 219 g/mol. The number of halogens is 3. The number of aryl methyl sites for hydroxylation is 1. The highest BCUT2D eigenvalue weighted by Crippen LogP contribution is 2.25. The number of aromatic nitrogens is 2. The summed E-state index contributed by atoms with van der Waals surface area (Å²) in [6.07, 6.45) is 0. The van der Waals surface area contributed by atoms with E-state index in [1.54, 1.807) is 7.05 Å². The third-order valence-corrected chi connectivity index (χ3v) is 2.23. The smallest absolute Gasteiger partial charge is 0.195 e. The van der Waals surface area contributed by atoms with Crippen molar-refractivity contribution in [3.63, 3.8) is 0 Å². The van der Waals surface area contributed by atoms with Crippen molar-refractivity contribution in [2.45, 2.75) is 0 Å². The lowest BCUT2D eigenvalue weighted by molar-refractivity contribution is 0.448. The van der Waals surface area contributed by atoms with Crippen LogP contribution in [0.25, 0.3) is 11.3 Å². The van der Waals surface area contributed by atoms with Crippen LogP contribution in [-0.2, 0) is 7.05 Å². The molecule has 0 saturated heterocycles. The minimum atomic E-state index is -1.51. The summed E-state index contributed by atoms with van der Waals surface area (Å²) in [4.78, 5) is 0. The van der Waals surface area contributed by atoms with Gasteiger partial charge in [0.15, 0.2) is 17.5 Å². The second-order valence-electron chi connectivity index (χ2n) is 3.30. The van der Waals surface area contributed by atoms with Gasteiger partial charge in [-0.3, -0.25) is 4.68 Å². The number of anilines is 1. The fraction of sp³-hybridized carbons (Fsp3) is 0.100. The molecule has 0 spiro atoms. The first-order valence-electron chi connectivity index (χ1n) is 4.44. The predicted octanol–water partition coefficient (Wildman–Crippen LogP) is 2.09. The highest BCUT2D eigenvalue weighted by atomic mass is 19.2. The van der Waals surface area contributed by atoms with Gasteiger partial charge in [-0.1, -0.05) is 0 Å². The Morgan fingerprint density at radius 2 is 1.88 bits per heavy atom. The Hall–Kier alpha value is -1.98. The highest BCUT2D eigenvalue weighted by molar-refractivity contribution is 5.63. The maximum absolute atomic E-state index is 13.4. The summed E-state index contributed by atoms with van der Waals surface area (Å²) in [7, 11) is 1.57. The molecule has 0 aliphatic rings. The first-order chi connectivity index (χ1) is 7.50. The molecular formula is C10H8F3N3. The van der Waals surface area contributed by atoms with Crippen LogP contribution in [0.15, 0.2) is 18.2 Å². The van der Waals surface area contributed by atoms with Gasteiger partial charge < -0.3 is 5.73 Å². The minimum Gasteiger partial charge on any atom is -0.384 e. The number of nitrogens with two attached hydrogens (primary N) is 1. The van der Waals surface area contributed by atoms with Crippen molar-refractivity contribution in [2.75, 3.05) is 5.73 Å². The van der Waals surface area contributed by atoms with E-state index in [-0.39, 0.29) is 11.3 Å². The van der Waals surface area contributed by atoms with E-state index in [0.717, 1.165) is 12.1 Å². The fourth-order valence-electron chi connectivity index (χ4n) is 1.34. The van der Waals surface area contributed by atoms with Gasteiger partial charge in [-0.2, -0.15) is 5.10 Å². The lowest BCUT2D eigenvalue weighted by atomic mass is 10.1. The molecule has 2 rings (SSSR count). The van der Waals surface area contributed by atoms with Crippen LogP contribution in [-0.4, -0.2) is 9.78 Å². The molecule has 0 unspecified atom stereocenters. The van der Waals surface area contributed by atoms with Crippen LogP contribution in [0, 0.1) is 17.5 Å². The number of rotatable bonds is 1. The molecule has 1 aromatic heterocycles. The van der Waals surface area contributed by atoms with Gasteiger partial charge in [0.2, 0.25) is 0 Å². The zero-order valence-electron chi connectivity index (χ0n) is 8.34. The van der Waals surface area contributed by atoms with Crippen molar-refractivity contribution in [3.05, 3.63) is 35.7 Å². The molecule has 1 heterocycles. The monoisotopic (exact) mass is 227 g/mol. The summed E-state index contributed by atoms with van der Waals surface area (Å²) in [6.45, 7) is 0. The summed E-state index contributed by atoms with van der Waals surface area (Å²) >= 11 is 0. The average molecular weight is 227 g/mol. The fourth-order valence-corrected chi connectivity index (χ4v) is 1.34. The maximum atomic E-state index is 13.4. The maximum Gasteiger partial charge on any atom is 0.195 e. The normalized spacial score (nSPS) is 10.8. The number of hydrogen-bond acceptors (Lipinski definition) is 2. The van der Waals surface area contributed by atoms with Crippen molar-refractivity contribution >= 4 is 5.82 Å². The topological polar surface area (TPSA) is 43.8 Å². The molecule has 0 atom stereocenters. The van der Waals surface area contributed by atoms with Crippen LogP contribution in [0.4, 0.5) is 19.0 Å². The molecule has 0 aliphatic heterocycles. The molecule has 0 fully saturated rings. The summed E-state index contributed by atoms with van der Waals surface area (Å²) in [5, 5.41) is 3.87. The van der Waals surface area contributed by atoms with Gasteiger partial charge in [0.25, 0.3) is 0 Å². The molecule has 2 N–H and O–H groups in total. The molecule has 6 heteroatoms. The first-order valence-corrected chi connectivity index (χ1v) is 4.44. The largest absolute Gasteiger partial charge is 0.384 e. The molecule has 3 nitrogen and oxygen atoms in total. The van der Waals surface area contributed by atoms with Crippen LogP contribution >= 0.6 is 0 Å². The van der Waals surface area contributed by atoms with Gasteiger partial charge in [0.05, 0.1) is 5.69 Å². The van der Waals surface area contributed by atoms with Crippen LogP contribution in [0.5, 0.6) is 0 Å². The molecule has 2 aromatic rings. The van der Waals surface area contributed by atoms with E-state index in [9.17, 15) is 13.2 Å². The zero-order valence-corrected chi connectivity index (χ0v) is 8.34. The van der Waals surface area contributed by atoms with E-state index >= 15 is 0 Å².